The molecule has 11 N–H and O–H groups in total. The lowest BCUT2D eigenvalue weighted by atomic mass is 10.0. The van der Waals surface area contributed by atoms with Gasteiger partial charge in [0.25, 0.3) is 0 Å². The monoisotopic (exact) mass is 849 g/mol. The van der Waals surface area contributed by atoms with Crippen molar-refractivity contribution in [2.24, 2.45) is 17.2 Å². The summed E-state index contributed by atoms with van der Waals surface area (Å²) in [6.45, 7) is 11.9. The Bertz CT molecular complexity index is 1460. The summed E-state index contributed by atoms with van der Waals surface area (Å²) in [6, 6.07) is 5.37. The van der Waals surface area contributed by atoms with Crippen LogP contribution in [0.2, 0.25) is 0 Å². The number of nitrogens with one attached hydrogen (secondary N) is 4. The minimum Gasteiger partial charge on any atom is -0.508 e. The smallest absolute Gasteiger partial charge is 0.300 e. The fraction of sp³-hybridized carbons (Fsp3) is 0.675. The minimum atomic E-state index is -0.801. The summed E-state index contributed by atoms with van der Waals surface area (Å²) in [5.41, 5.74) is 17.3. The summed E-state index contributed by atoms with van der Waals surface area (Å²) < 4.78 is 20.7. The van der Waals surface area contributed by atoms with Gasteiger partial charge in [0.1, 0.15) is 24.7 Å². The molecular weight excluding hydrogens is 782 g/mol. The number of benzene rings is 1. The second kappa shape index (κ2) is 33.2. The first kappa shape index (κ1) is 53.4. The predicted octanol–water partition coefficient (Wildman–Crippen LogP) is -1.49. The molecule has 1 fully saturated rings. The number of unbranched alkanes of at least 4 members (excludes halogenated alkanes) is 1. The van der Waals surface area contributed by atoms with E-state index in [2.05, 4.69) is 26.1 Å². The first-order valence-corrected chi connectivity index (χ1v) is 20.3. The lowest BCUT2D eigenvalue weighted by molar-refractivity contribution is -0.133. The van der Waals surface area contributed by atoms with Gasteiger partial charge in [0.05, 0.1) is 64.3 Å². The molecule has 20 nitrogen and oxygen atoms in total. The van der Waals surface area contributed by atoms with Gasteiger partial charge in [0, 0.05) is 32.5 Å². The number of nitrogens with zero attached hydrogens (tertiary/aromatic N) is 2. The first-order valence-electron chi connectivity index (χ1n) is 20.3. The molecule has 1 unspecified atom stereocenters. The van der Waals surface area contributed by atoms with E-state index in [0.717, 1.165) is 24.8 Å². The van der Waals surface area contributed by atoms with Crippen LogP contribution in [0.3, 0.4) is 0 Å². The molecule has 60 heavy (non-hydrogen) atoms. The molecule has 20 heteroatoms. The Morgan fingerprint density at radius 3 is 2.08 bits per heavy atom. The van der Waals surface area contributed by atoms with Crippen molar-refractivity contribution in [1.82, 2.24) is 26.2 Å². The third-order valence-corrected chi connectivity index (χ3v) is 9.09. The summed E-state index contributed by atoms with van der Waals surface area (Å²) in [6.07, 6.45) is 4.30. The number of aromatic hydroxyl groups is 1. The molecule has 0 aromatic heterocycles. The molecule has 1 aliphatic heterocycles. The molecule has 0 bridgehead atoms. The molecule has 1 aliphatic rings. The Kier molecular flexibility index (Phi) is 29.5. The number of carbonyl (C=O) groups is 6. The topological polar surface area (TPSA) is 293 Å². The number of ether oxygens (including phenoxy) is 4. The van der Waals surface area contributed by atoms with Gasteiger partial charge in [-0.15, -0.1) is 0 Å². The number of Topliss-reactive ketones (excluding diaryl/α,β-unsaturated/α-hetero) is 2. The van der Waals surface area contributed by atoms with Crippen LogP contribution in [-0.2, 0) is 54.1 Å². The minimum absolute atomic E-state index is 0.00986. The van der Waals surface area contributed by atoms with Crippen LogP contribution in [0.15, 0.2) is 24.3 Å². The zero-order chi connectivity index (χ0) is 44.5. The number of ketones is 2. The molecule has 0 spiro atoms. The van der Waals surface area contributed by atoms with E-state index in [4.69, 9.17) is 42.7 Å². The summed E-state index contributed by atoms with van der Waals surface area (Å²) in [5.74, 6) is -1.10. The fourth-order valence-corrected chi connectivity index (χ4v) is 5.74. The van der Waals surface area contributed by atoms with E-state index in [1.54, 1.807) is 31.3 Å². The maximum atomic E-state index is 12.4. The standard InChI is InChI=1S/C22H38N6O8.C18H29N3O3/c1-25-19-3-2-8-28(19)22(32)17(23)4-5-20(30)26-6-9-33-12-14-36-16-21(31)27-7-10-34-11-13-35-15-18(24)29;1-13(22)16(5-3-4-10-19)21-12-18(24)17(20-2)11-14-6-8-15(23)9-7-14/h17,19H,2-16,23H2,(H2,24,29)(H,26,30)(H,27,31);6-9,16-17,20-21,23H,3-5,10-12,19H2,1-2H3/t17-,19-;16?,17-/m00/s1. The lowest BCUT2D eigenvalue weighted by Gasteiger charge is -2.20. The molecule has 1 saturated heterocycles. The highest BCUT2D eigenvalue weighted by molar-refractivity contribution is 5.88. The Morgan fingerprint density at radius 2 is 1.50 bits per heavy atom. The van der Waals surface area contributed by atoms with Gasteiger partial charge in [-0.05, 0) is 70.3 Å². The maximum absolute atomic E-state index is 12.4. The number of hydrogen-bond donors (Lipinski definition) is 8. The van der Waals surface area contributed by atoms with Crippen LogP contribution in [-0.4, -0.2) is 162 Å². The van der Waals surface area contributed by atoms with E-state index in [9.17, 15) is 33.9 Å². The van der Waals surface area contributed by atoms with Crippen molar-refractivity contribution < 1.29 is 52.8 Å². The van der Waals surface area contributed by atoms with E-state index >= 15 is 0 Å². The van der Waals surface area contributed by atoms with Crippen molar-refractivity contribution in [2.75, 3.05) is 92.6 Å². The van der Waals surface area contributed by atoms with E-state index < -0.39 is 18.1 Å². The van der Waals surface area contributed by atoms with Crippen LogP contribution in [0.1, 0.15) is 57.4 Å². The van der Waals surface area contributed by atoms with Gasteiger partial charge >= 0.3 is 6.17 Å². The molecule has 0 saturated carbocycles. The molecule has 1 aromatic carbocycles. The van der Waals surface area contributed by atoms with Gasteiger partial charge in [-0.2, -0.15) is 0 Å². The highest BCUT2D eigenvalue weighted by Gasteiger charge is 2.35. The first-order chi connectivity index (χ1) is 28.8. The van der Waals surface area contributed by atoms with Crippen molar-refractivity contribution in [3.8, 4) is 5.75 Å². The van der Waals surface area contributed by atoms with Gasteiger partial charge in [-0.1, -0.05) is 18.6 Å². The van der Waals surface area contributed by atoms with Crippen molar-refractivity contribution in [3.63, 3.8) is 0 Å². The zero-order valence-corrected chi connectivity index (χ0v) is 35.1. The fourth-order valence-electron chi connectivity index (χ4n) is 5.74. The Hall–Kier alpha value is -4.59. The molecule has 4 amide bonds. The van der Waals surface area contributed by atoms with E-state index in [-0.39, 0.29) is 113 Å². The van der Waals surface area contributed by atoms with Crippen molar-refractivity contribution in [1.29, 1.82) is 0 Å². The second-order valence-corrected chi connectivity index (χ2v) is 13.9. The molecular formula is C40H67N9O11. The number of hydrogen-bond acceptors (Lipinski definition) is 15. The SMILES string of the molecule is CN[C@@H](Cc1ccc(O)cc1)C(=O)CNC(CCCCN)C(C)=O.[C-]#[N+][C@@H]1CCCN1C(=O)[C@@H](N)CCC(=O)NCCOCCOCC(=O)NCCOCCOCC(N)=O. The highest BCUT2D eigenvalue weighted by Crippen LogP contribution is 2.19. The Labute approximate surface area is 353 Å². The van der Waals surface area contributed by atoms with Crippen LogP contribution in [0, 0.1) is 6.57 Å². The molecule has 0 radical (unpaired) electrons. The second-order valence-electron chi connectivity index (χ2n) is 13.9. The number of likely N-dealkylation sites (tertiary alicyclic amines) is 1. The lowest BCUT2D eigenvalue weighted by Crippen LogP contribution is -2.45. The largest absolute Gasteiger partial charge is 0.508 e. The highest BCUT2D eigenvalue weighted by atomic mass is 16.5. The number of rotatable bonds is 32. The van der Waals surface area contributed by atoms with Crippen molar-refractivity contribution >= 4 is 35.2 Å². The third kappa shape index (κ3) is 25.1. The number of nitrogens with two attached hydrogens (primary N) is 3. The van der Waals surface area contributed by atoms with E-state index in [1.807, 2.05) is 0 Å². The number of phenols is 1. The Morgan fingerprint density at radius 1 is 0.883 bits per heavy atom. The molecule has 1 aromatic rings. The van der Waals surface area contributed by atoms with Crippen LogP contribution in [0.5, 0.6) is 5.75 Å². The molecule has 338 valence electrons. The van der Waals surface area contributed by atoms with E-state index in [0.29, 0.717) is 52.0 Å². The summed E-state index contributed by atoms with van der Waals surface area (Å²) in [7, 11) is 1.74. The van der Waals surface area contributed by atoms with Gasteiger partial charge in [0.2, 0.25) is 23.6 Å². The maximum Gasteiger partial charge on any atom is 0.300 e. The summed E-state index contributed by atoms with van der Waals surface area (Å²) >= 11 is 0. The zero-order valence-electron chi connectivity index (χ0n) is 35.1. The number of amides is 4. The van der Waals surface area contributed by atoms with Gasteiger partial charge < -0.3 is 62.5 Å². The van der Waals surface area contributed by atoms with Crippen LogP contribution in [0.4, 0.5) is 0 Å². The van der Waals surface area contributed by atoms with Gasteiger partial charge in [-0.25, -0.2) is 6.57 Å². The predicted molar refractivity (Wildman–Crippen MR) is 222 cm³/mol. The van der Waals surface area contributed by atoms with Gasteiger partial charge in [0.15, 0.2) is 5.78 Å². The van der Waals surface area contributed by atoms with Crippen LogP contribution in [0.25, 0.3) is 4.85 Å². The molecule has 0 aliphatic carbocycles. The quantitative estimate of drug-likeness (QED) is 0.0303. The van der Waals surface area contributed by atoms with E-state index in [1.165, 1.54) is 11.8 Å². The van der Waals surface area contributed by atoms with Crippen molar-refractivity contribution in [3.05, 3.63) is 41.2 Å². The average Bonchev–Trinajstić information content (AvgIpc) is 3.71. The van der Waals surface area contributed by atoms with Gasteiger partial charge in [-0.3, -0.25) is 38.5 Å². The number of likely N-dealkylation sites (N-methyl/N-ethyl adjacent to an activating group) is 1. The average molecular weight is 850 g/mol. The molecule has 4 atom stereocenters. The van der Waals surface area contributed by atoms with Crippen molar-refractivity contribution in [2.45, 2.75) is 82.6 Å². The number of primary amides is 1. The summed E-state index contributed by atoms with van der Waals surface area (Å²) in [5, 5.41) is 20.7. The third-order valence-electron chi connectivity index (χ3n) is 9.09. The molecule has 2 rings (SSSR count). The molecule has 1 heterocycles. The summed E-state index contributed by atoms with van der Waals surface area (Å²) in [4.78, 5) is 75.3. The van der Waals surface area contributed by atoms with Crippen LogP contribution < -0.4 is 38.5 Å². The normalized spacial score (nSPS) is 14.8. The Balaban J connectivity index is 0.000000650. The number of phenolic OH excluding ortho intramolecular Hbond substituents is 1. The number of carbonyl (C=O) groups excluding carboxylic acids is 6. The van der Waals surface area contributed by atoms with Crippen LogP contribution >= 0.6 is 0 Å².